The van der Waals surface area contributed by atoms with E-state index in [1.54, 1.807) is 11.8 Å². The van der Waals surface area contributed by atoms with Crippen molar-refractivity contribution in [2.24, 2.45) is 5.92 Å². The van der Waals surface area contributed by atoms with Crippen molar-refractivity contribution >= 4 is 17.7 Å². The predicted molar refractivity (Wildman–Crippen MR) is 79.6 cm³/mol. The fraction of sp³-hybridized carbons (Fsp3) is 0.533. The largest absolute Gasteiger partial charge is 0.352 e. The van der Waals surface area contributed by atoms with E-state index in [4.69, 9.17) is 0 Å². The van der Waals surface area contributed by atoms with Gasteiger partial charge < -0.3 is 5.32 Å². The van der Waals surface area contributed by atoms with Gasteiger partial charge in [0.1, 0.15) is 0 Å². The SMILES string of the molecule is CC(C)[C@H](C)NC(=O)[C@H](C)SCc1ccccc1. The molecule has 2 atom stereocenters. The number of benzene rings is 1. The summed E-state index contributed by atoms with van der Waals surface area (Å²) >= 11 is 1.68. The third-order valence-corrected chi connectivity index (χ3v) is 4.30. The second kappa shape index (κ2) is 7.47. The summed E-state index contributed by atoms with van der Waals surface area (Å²) in [6.07, 6.45) is 0. The molecule has 0 aliphatic heterocycles. The molecule has 1 N–H and O–H groups in total. The molecule has 18 heavy (non-hydrogen) atoms. The Kier molecular flexibility index (Phi) is 6.27. The van der Waals surface area contributed by atoms with E-state index in [9.17, 15) is 4.79 Å². The number of amides is 1. The van der Waals surface area contributed by atoms with Crippen LogP contribution in [0.15, 0.2) is 30.3 Å². The Morgan fingerprint density at radius 2 is 1.78 bits per heavy atom. The fourth-order valence-electron chi connectivity index (χ4n) is 1.38. The Morgan fingerprint density at radius 3 is 2.33 bits per heavy atom. The Balaban J connectivity index is 2.36. The average molecular weight is 265 g/mol. The van der Waals surface area contributed by atoms with Crippen LogP contribution in [0.4, 0.5) is 0 Å². The van der Waals surface area contributed by atoms with E-state index in [0.29, 0.717) is 5.92 Å². The molecule has 0 fully saturated rings. The first-order chi connectivity index (χ1) is 8.50. The highest BCUT2D eigenvalue weighted by atomic mass is 32.2. The molecule has 1 aromatic rings. The summed E-state index contributed by atoms with van der Waals surface area (Å²) in [4.78, 5) is 11.9. The van der Waals surface area contributed by atoms with Crippen LogP contribution >= 0.6 is 11.8 Å². The molecule has 0 saturated carbocycles. The zero-order chi connectivity index (χ0) is 13.5. The van der Waals surface area contributed by atoms with Crippen LogP contribution in [0.25, 0.3) is 0 Å². The highest BCUT2D eigenvalue weighted by molar-refractivity contribution is 7.99. The summed E-state index contributed by atoms with van der Waals surface area (Å²) in [5.41, 5.74) is 1.26. The van der Waals surface area contributed by atoms with E-state index < -0.39 is 0 Å². The molecule has 2 nitrogen and oxygen atoms in total. The first kappa shape index (κ1) is 15.1. The van der Waals surface area contributed by atoms with Crippen molar-refractivity contribution in [3.63, 3.8) is 0 Å². The van der Waals surface area contributed by atoms with Crippen LogP contribution in [-0.2, 0) is 10.5 Å². The van der Waals surface area contributed by atoms with Crippen molar-refractivity contribution in [3.05, 3.63) is 35.9 Å². The molecule has 0 heterocycles. The van der Waals surface area contributed by atoms with E-state index in [0.717, 1.165) is 5.75 Å². The summed E-state index contributed by atoms with van der Waals surface area (Å²) in [6, 6.07) is 10.5. The van der Waals surface area contributed by atoms with Gasteiger partial charge in [-0.2, -0.15) is 0 Å². The molecule has 0 aliphatic carbocycles. The highest BCUT2D eigenvalue weighted by Gasteiger charge is 2.17. The number of nitrogens with one attached hydrogen (secondary N) is 1. The van der Waals surface area contributed by atoms with Gasteiger partial charge in [0.25, 0.3) is 0 Å². The molecule has 1 aromatic carbocycles. The van der Waals surface area contributed by atoms with Crippen LogP contribution in [0.3, 0.4) is 0 Å². The minimum absolute atomic E-state index is 0.00796. The molecule has 3 heteroatoms. The topological polar surface area (TPSA) is 29.1 Å². The van der Waals surface area contributed by atoms with Gasteiger partial charge in [-0.1, -0.05) is 44.2 Å². The number of hydrogen-bond donors (Lipinski definition) is 1. The summed E-state index contributed by atoms with van der Waals surface area (Å²) < 4.78 is 0. The lowest BCUT2D eigenvalue weighted by Gasteiger charge is -2.20. The predicted octanol–water partition coefficient (Wildman–Crippen LogP) is 3.47. The third-order valence-electron chi connectivity index (χ3n) is 3.08. The van der Waals surface area contributed by atoms with Crippen molar-refractivity contribution in [3.8, 4) is 0 Å². The molecule has 0 saturated heterocycles. The smallest absolute Gasteiger partial charge is 0.233 e. The summed E-state index contributed by atoms with van der Waals surface area (Å²) in [5.74, 6) is 1.49. The Hall–Kier alpha value is -0.960. The van der Waals surface area contributed by atoms with Gasteiger partial charge in [0.2, 0.25) is 5.91 Å². The van der Waals surface area contributed by atoms with Gasteiger partial charge in [0.05, 0.1) is 5.25 Å². The van der Waals surface area contributed by atoms with E-state index in [-0.39, 0.29) is 17.2 Å². The molecule has 0 radical (unpaired) electrons. The van der Waals surface area contributed by atoms with Crippen molar-refractivity contribution in [1.29, 1.82) is 0 Å². The zero-order valence-corrected chi connectivity index (χ0v) is 12.5. The van der Waals surface area contributed by atoms with E-state index >= 15 is 0 Å². The number of carbonyl (C=O) groups is 1. The maximum Gasteiger partial charge on any atom is 0.233 e. The molecule has 1 amide bonds. The van der Waals surface area contributed by atoms with Gasteiger partial charge in [-0.15, -0.1) is 11.8 Å². The Labute approximate surface area is 115 Å². The summed E-state index contributed by atoms with van der Waals surface area (Å²) in [5, 5.41) is 3.05. The summed E-state index contributed by atoms with van der Waals surface area (Å²) in [6.45, 7) is 8.26. The first-order valence-electron chi connectivity index (χ1n) is 6.46. The number of hydrogen-bond acceptors (Lipinski definition) is 2. The van der Waals surface area contributed by atoms with Crippen LogP contribution in [0.5, 0.6) is 0 Å². The van der Waals surface area contributed by atoms with Crippen LogP contribution in [-0.4, -0.2) is 17.2 Å². The normalized spacial score (nSPS) is 14.3. The standard InChI is InChI=1S/C15H23NOS/c1-11(2)12(3)16-15(17)13(4)18-10-14-8-6-5-7-9-14/h5-9,11-13H,10H2,1-4H3,(H,16,17)/t12-,13-/m0/s1. The third kappa shape index (κ3) is 5.13. The lowest BCUT2D eigenvalue weighted by Crippen LogP contribution is -2.40. The first-order valence-corrected chi connectivity index (χ1v) is 7.51. The number of rotatable bonds is 6. The molecule has 1 rings (SSSR count). The van der Waals surface area contributed by atoms with Crippen molar-refractivity contribution in [2.75, 3.05) is 0 Å². The molecule has 100 valence electrons. The minimum Gasteiger partial charge on any atom is -0.352 e. The van der Waals surface area contributed by atoms with E-state index in [2.05, 4.69) is 38.2 Å². The van der Waals surface area contributed by atoms with Crippen LogP contribution in [0, 0.1) is 5.92 Å². The molecule has 0 bridgehead atoms. The monoisotopic (exact) mass is 265 g/mol. The fourth-order valence-corrected chi connectivity index (χ4v) is 2.23. The average Bonchev–Trinajstić information content (AvgIpc) is 2.36. The van der Waals surface area contributed by atoms with Crippen LogP contribution < -0.4 is 5.32 Å². The lowest BCUT2D eigenvalue weighted by molar-refractivity contribution is -0.121. The Morgan fingerprint density at radius 1 is 1.17 bits per heavy atom. The molecular formula is C15H23NOS. The van der Waals surface area contributed by atoms with Crippen molar-refractivity contribution < 1.29 is 4.79 Å². The van der Waals surface area contributed by atoms with Crippen LogP contribution in [0.1, 0.15) is 33.3 Å². The molecule has 0 aromatic heterocycles. The lowest BCUT2D eigenvalue weighted by atomic mass is 10.1. The van der Waals surface area contributed by atoms with Gasteiger partial charge in [0.15, 0.2) is 0 Å². The van der Waals surface area contributed by atoms with Crippen molar-refractivity contribution in [2.45, 2.75) is 44.7 Å². The van der Waals surface area contributed by atoms with E-state index in [1.165, 1.54) is 5.56 Å². The van der Waals surface area contributed by atoms with Gasteiger partial charge in [-0.05, 0) is 25.3 Å². The molecule has 0 aliphatic rings. The summed E-state index contributed by atoms with van der Waals surface area (Å²) in [7, 11) is 0. The quantitative estimate of drug-likeness (QED) is 0.853. The molecular weight excluding hydrogens is 242 g/mol. The van der Waals surface area contributed by atoms with Crippen LogP contribution in [0.2, 0.25) is 0 Å². The van der Waals surface area contributed by atoms with Gasteiger partial charge in [-0.3, -0.25) is 4.79 Å². The second-order valence-electron chi connectivity index (χ2n) is 4.98. The Bertz CT molecular complexity index is 364. The second-order valence-corrected chi connectivity index (χ2v) is 6.31. The minimum atomic E-state index is -0.00796. The maximum absolute atomic E-state index is 11.9. The number of carbonyl (C=O) groups excluding carboxylic acids is 1. The molecule has 0 unspecified atom stereocenters. The maximum atomic E-state index is 11.9. The number of thioether (sulfide) groups is 1. The highest BCUT2D eigenvalue weighted by Crippen LogP contribution is 2.18. The van der Waals surface area contributed by atoms with E-state index in [1.807, 2.05) is 25.1 Å². The zero-order valence-electron chi connectivity index (χ0n) is 11.6. The van der Waals surface area contributed by atoms with Gasteiger partial charge >= 0.3 is 0 Å². The molecule has 0 spiro atoms. The van der Waals surface area contributed by atoms with Gasteiger partial charge in [0, 0.05) is 11.8 Å². The van der Waals surface area contributed by atoms with Gasteiger partial charge in [-0.25, -0.2) is 0 Å². The van der Waals surface area contributed by atoms with Crippen molar-refractivity contribution in [1.82, 2.24) is 5.32 Å².